The van der Waals surface area contributed by atoms with E-state index in [0.29, 0.717) is 47.8 Å². The Kier molecular flexibility index (Phi) is 6.84. The van der Waals surface area contributed by atoms with Gasteiger partial charge in [0.25, 0.3) is 0 Å². The topological polar surface area (TPSA) is 67.5 Å². The Labute approximate surface area is 187 Å². The molecule has 1 aliphatic heterocycles. The molecular weight excluding hydrogens is 460 g/mol. The van der Waals surface area contributed by atoms with Gasteiger partial charge in [0.05, 0.1) is 25.7 Å². The van der Waals surface area contributed by atoms with Crippen molar-refractivity contribution >= 4 is 69.2 Å². The molecule has 0 radical (unpaired) electrons. The number of rotatable bonds is 4. The first-order valence-electron chi connectivity index (χ1n) is 8.14. The third-order valence-corrected chi connectivity index (χ3v) is 6.65. The highest BCUT2D eigenvalue weighted by atomic mass is 35.5. The van der Waals surface area contributed by atoms with Crippen LogP contribution in [-0.4, -0.2) is 11.1 Å². The van der Waals surface area contributed by atoms with Crippen LogP contribution >= 0.6 is 58.2 Å². The van der Waals surface area contributed by atoms with Crippen molar-refractivity contribution in [3.63, 3.8) is 0 Å². The van der Waals surface area contributed by atoms with Crippen LogP contribution in [0.25, 0.3) is 0 Å². The predicted molar refractivity (Wildman–Crippen MR) is 119 cm³/mol. The maximum absolute atomic E-state index is 12.0. The van der Waals surface area contributed by atoms with Gasteiger partial charge in [0.1, 0.15) is 6.04 Å². The Morgan fingerprint density at radius 1 is 1.14 bits per heavy atom. The van der Waals surface area contributed by atoms with Gasteiger partial charge in [0, 0.05) is 17.0 Å². The zero-order valence-corrected chi connectivity index (χ0v) is 18.4. The lowest BCUT2D eigenvalue weighted by atomic mass is 9.96. The van der Waals surface area contributed by atoms with Gasteiger partial charge in [-0.3, -0.25) is 4.79 Å². The summed E-state index contributed by atoms with van der Waals surface area (Å²) in [5, 5.41) is 5.50. The van der Waals surface area contributed by atoms with Crippen molar-refractivity contribution in [2.45, 2.75) is 18.7 Å². The van der Waals surface area contributed by atoms with Crippen molar-refractivity contribution in [1.29, 1.82) is 0 Å². The Bertz CT molecular complexity index is 1010. The number of amides is 1. The van der Waals surface area contributed by atoms with Crippen LogP contribution in [0.4, 0.5) is 0 Å². The predicted octanol–water partition coefficient (Wildman–Crippen LogP) is 5.99. The minimum atomic E-state index is -0.638. The van der Waals surface area contributed by atoms with Crippen LogP contribution < -0.4 is 11.1 Å². The minimum Gasteiger partial charge on any atom is -0.366 e. The lowest BCUT2D eigenvalue weighted by Crippen LogP contribution is -2.32. The Morgan fingerprint density at radius 2 is 1.89 bits per heavy atom. The lowest BCUT2D eigenvalue weighted by Gasteiger charge is -2.26. The number of nitrogens with zero attached hydrogens (tertiary/aromatic N) is 1. The number of carbonyl (C=O) groups is 1. The molecule has 4 nitrogen and oxygen atoms in total. The third kappa shape index (κ3) is 4.61. The molecule has 0 aliphatic carbocycles. The summed E-state index contributed by atoms with van der Waals surface area (Å²) in [5.74, 6) is 0.0427. The Balaban J connectivity index is 1.91. The number of nitrogens with two attached hydrogens (primary N) is 1. The van der Waals surface area contributed by atoms with Crippen LogP contribution in [-0.2, 0) is 10.5 Å². The molecule has 0 bridgehead atoms. The van der Waals surface area contributed by atoms with Gasteiger partial charge in [-0.15, -0.1) is 0 Å². The zero-order chi connectivity index (χ0) is 20.4. The van der Waals surface area contributed by atoms with E-state index in [0.717, 1.165) is 5.56 Å². The molecule has 3 N–H and O–H groups in total. The number of carbonyl (C=O) groups excluding carboxylic acids is 1. The maximum Gasteiger partial charge on any atom is 0.248 e. The van der Waals surface area contributed by atoms with Crippen LogP contribution in [0.1, 0.15) is 24.1 Å². The molecule has 0 fully saturated rings. The van der Waals surface area contributed by atoms with Gasteiger partial charge in [-0.1, -0.05) is 76.4 Å². The quantitative estimate of drug-likeness (QED) is 0.571. The van der Waals surface area contributed by atoms with Crippen molar-refractivity contribution in [3.8, 4) is 0 Å². The fourth-order valence-corrected chi connectivity index (χ4v) is 4.40. The number of hydrogen-bond donors (Lipinski definition) is 2. The van der Waals surface area contributed by atoms with Gasteiger partial charge >= 0.3 is 0 Å². The average Bonchev–Trinajstić information content (AvgIpc) is 2.64. The molecular formula is C19H15Cl4N3OS. The molecule has 0 saturated carbocycles. The molecule has 0 unspecified atom stereocenters. The van der Waals surface area contributed by atoms with E-state index in [4.69, 9.17) is 52.1 Å². The molecule has 2 aromatic rings. The van der Waals surface area contributed by atoms with E-state index < -0.39 is 11.9 Å². The van der Waals surface area contributed by atoms with Crippen molar-refractivity contribution < 1.29 is 4.79 Å². The van der Waals surface area contributed by atoms with Crippen molar-refractivity contribution in [1.82, 2.24) is 5.32 Å². The van der Waals surface area contributed by atoms with Crippen molar-refractivity contribution in [2.24, 2.45) is 10.7 Å². The summed E-state index contributed by atoms with van der Waals surface area (Å²) in [6, 6.07) is 10.0. The SMILES string of the molecule is CC1=C(C(N)=O)[C@@H](c2cccc(Cl)c2Cl)N=C(SCc2ccc(Cl)c(Cl)c2)N1. The van der Waals surface area contributed by atoms with E-state index in [2.05, 4.69) is 10.3 Å². The number of nitrogens with one attached hydrogen (secondary N) is 1. The molecule has 9 heteroatoms. The van der Waals surface area contributed by atoms with Crippen LogP contribution in [0.5, 0.6) is 0 Å². The van der Waals surface area contributed by atoms with Gasteiger partial charge in [-0.05, 0) is 30.7 Å². The highest BCUT2D eigenvalue weighted by molar-refractivity contribution is 8.13. The summed E-state index contributed by atoms with van der Waals surface area (Å²) < 4.78 is 0. The molecule has 3 rings (SSSR count). The number of allylic oxidation sites excluding steroid dienone is 1. The molecule has 1 amide bonds. The van der Waals surface area contributed by atoms with E-state index in [-0.39, 0.29) is 0 Å². The first kappa shape index (κ1) is 21.3. The van der Waals surface area contributed by atoms with E-state index >= 15 is 0 Å². The Hall–Kier alpha value is -1.37. The van der Waals surface area contributed by atoms with Crippen LogP contribution in [0.3, 0.4) is 0 Å². The molecule has 28 heavy (non-hydrogen) atoms. The van der Waals surface area contributed by atoms with Gasteiger partial charge in [0.15, 0.2) is 5.17 Å². The number of benzene rings is 2. The van der Waals surface area contributed by atoms with E-state index in [1.54, 1.807) is 31.2 Å². The summed E-state index contributed by atoms with van der Waals surface area (Å²) in [6.45, 7) is 1.78. The van der Waals surface area contributed by atoms with E-state index in [1.807, 2.05) is 12.1 Å². The summed E-state index contributed by atoms with van der Waals surface area (Å²) in [6.07, 6.45) is 0. The summed E-state index contributed by atoms with van der Waals surface area (Å²) in [7, 11) is 0. The van der Waals surface area contributed by atoms with Gasteiger partial charge in [0.2, 0.25) is 5.91 Å². The second-order valence-electron chi connectivity index (χ2n) is 6.04. The fourth-order valence-electron chi connectivity index (χ4n) is 2.78. The van der Waals surface area contributed by atoms with E-state index in [1.165, 1.54) is 11.8 Å². The molecule has 1 atom stereocenters. The van der Waals surface area contributed by atoms with Gasteiger partial charge in [-0.2, -0.15) is 0 Å². The van der Waals surface area contributed by atoms with Crippen molar-refractivity contribution in [3.05, 3.63) is 78.9 Å². The summed E-state index contributed by atoms with van der Waals surface area (Å²) in [4.78, 5) is 16.7. The highest BCUT2D eigenvalue weighted by Gasteiger charge is 2.29. The summed E-state index contributed by atoms with van der Waals surface area (Å²) in [5.41, 5.74) is 8.18. The first-order valence-corrected chi connectivity index (χ1v) is 10.6. The van der Waals surface area contributed by atoms with Crippen LogP contribution in [0, 0.1) is 0 Å². The normalized spacial score (nSPS) is 16.6. The molecule has 0 spiro atoms. The fraction of sp³-hybridized carbons (Fsp3) is 0.158. The molecule has 0 aromatic heterocycles. The number of aliphatic imine (C=N–C) groups is 1. The molecule has 2 aromatic carbocycles. The standard InChI is InChI=1S/C19H15Cl4N3OS/c1-9-15(18(24)27)17(11-3-2-4-13(21)16(11)23)26-19(25-9)28-8-10-5-6-12(20)14(22)7-10/h2-7,17H,8H2,1H3,(H2,24,27)(H,25,26)/t17-/m1/s1. The largest absolute Gasteiger partial charge is 0.366 e. The van der Waals surface area contributed by atoms with E-state index in [9.17, 15) is 4.79 Å². The molecule has 1 aliphatic rings. The number of halogens is 4. The molecule has 1 heterocycles. The average molecular weight is 475 g/mol. The van der Waals surface area contributed by atoms with Gasteiger partial charge in [-0.25, -0.2) is 4.99 Å². The molecule has 146 valence electrons. The van der Waals surface area contributed by atoms with Gasteiger partial charge < -0.3 is 11.1 Å². The second kappa shape index (κ2) is 8.97. The smallest absolute Gasteiger partial charge is 0.248 e. The Morgan fingerprint density at radius 3 is 2.57 bits per heavy atom. The summed E-state index contributed by atoms with van der Waals surface area (Å²) >= 11 is 26.0. The minimum absolute atomic E-state index is 0.347. The van der Waals surface area contributed by atoms with Crippen LogP contribution in [0.15, 0.2) is 52.7 Å². The van der Waals surface area contributed by atoms with Crippen LogP contribution in [0.2, 0.25) is 20.1 Å². The number of primary amides is 1. The number of amidine groups is 1. The second-order valence-corrected chi connectivity index (χ2v) is 8.61. The lowest BCUT2D eigenvalue weighted by molar-refractivity contribution is -0.114. The van der Waals surface area contributed by atoms with Crippen molar-refractivity contribution in [2.75, 3.05) is 0 Å². The number of hydrogen-bond acceptors (Lipinski definition) is 4. The first-order chi connectivity index (χ1) is 13.3. The maximum atomic E-state index is 12.0. The monoisotopic (exact) mass is 473 g/mol. The molecule has 0 saturated heterocycles. The zero-order valence-electron chi connectivity index (χ0n) is 14.6. The third-order valence-electron chi connectivity index (χ3n) is 4.12. The number of thioether (sulfide) groups is 1. The highest BCUT2D eigenvalue weighted by Crippen LogP contribution is 2.38.